The fraction of sp³-hybridized carbons (Fsp3) is 0.526. The third-order valence-electron chi connectivity index (χ3n) is 5.59. The minimum atomic E-state index is -1.44. The number of carbonyl (C=O) groups is 1. The zero-order valence-corrected chi connectivity index (χ0v) is 13.3. The van der Waals surface area contributed by atoms with Crippen LogP contribution < -0.4 is 0 Å². The Bertz CT molecular complexity index is 664. The molecule has 1 saturated heterocycles. The van der Waals surface area contributed by atoms with Crippen molar-refractivity contribution in [1.29, 1.82) is 0 Å². The van der Waals surface area contributed by atoms with Crippen LogP contribution in [0.3, 0.4) is 0 Å². The SMILES string of the molecule is CC(C)(C)C1=CC2(O)C(=O)[C@]3(CO3)C1CC2c1ccccc1. The molecule has 1 aliphatic heterocycles. The summed E-state index contributed by atoms with van der Waals surface area (Å²) in [6, 6.07) is 9.88. The molecule has 1 saturated carbocycles. The Morgan fingerprint density at radius 3 is 2.36 bits per heavy atom. The minimum Gasteiger partial charge on any atom is -0.377 e. The highest BCUT2D eigenvalue weighted by atomic mass is 16.6. The first-order valence-electron chi connectivity index (χ1n) is 7.98. The van der Waals surface area contributed by atoms with Crippen LogP contribution in [0, 0.1) is 11.3 Å². The van der Waals surface area contributed by atoms with E-state index < -0.39 is 11.2 Å². The summed E-state index contributed by atoms with van der Waals surface area (Å²) in [5.74, 6) is -0.232. The summed E-state index contributed by atoms with van der Waals surface area (Å²) >= 11 is 0. The first-order valence-corrected chi connectivity index (χ1v) is 7.98. The Hall–Kier alpha value is -1.45. The van der Waals surface area contributed by atoms with Crippen LogP contribution in [0.2, 0.25) is 0 Å². The van der Waals surface area contributed by atoms with Crippen molar-refractivity contribution in [2.75, 3.05) is 6.61 Å². The van der Waals surface area contributed by atoms with Crippen LogP contribution in [-0.4, -0.2) is 28.7 Å². The van der Waals surface area contributed by atoms with E-state index >= 15 is 0 Å². The molecule has 4 atom stereocenters. The summed E-state index contributed by atoms with van der Waals surface area (Å²) in [5.41, 5.74) is -0.0608. The van der Waals surface area contributed by atoms with Crippen LogP contribution >= 0.6 is 0 Å². The molecule has 1 aromatic rings. The predicted octanol–water partition coefficient (Wildman–Crippen LogP) is 2.85. The highest BCUT2D eigenvalue weighted by Crippen LogP contribution is 2.61. The zero-order valence-electron chi connectivity index (χ0n) is 13.3. The van der Waals surface area contributed by atoms with Crippen molar-refractivity contribution in [2.45, 2.75) is 44.3 Å². The third-order valence-corrected chi connectivity index (χ3v) is 5.59. The van der Waals surface area contributed by atoms with Gasteiger partial charge in [0.15, 0.2) is 11.2 Å². The van der Waals surface area contributed by atoms with Crippen molar-refractivity contribution in [1.82, 2.24) is 0 Å². The van der Waals surface area contributed by atoms with E-state index in [2.05, 4.69) is 20.8 Å². The van der Waals surface area contributed by atoms with Gasteiger partial charge in [0, 0.05) is 11.8 Å². The topological polar surface area (TPSA) is 49.8 Å². The smallest absolute Gasteiger partial charge is 0.203 e. The first-order chi connectivity index (χ1) is 10.3. The molecule has 1 spiro atoms. The van der Waals surface area contributed by atoms with Crippen LogP contribution in [0.5, 0.6) is 0 Å². The van der Waals surface area contributed by atoms with Gasteiger partial charge in [-0.25, -0.2) is 0 Å². The summed E-state index contributed by atoms with van der Waals surface area (Å²) in [6.07, 6.45) is 2.61. The van der Waals surface area contributed by atoms with Crippen LogP contribution in [0.15, 0.2) is 42.0 Å². The molecule has 5 rings (SSSR count). The molecule has 4 aliphatic rings. The second-order valence-corrected chi connectivity index (χ2v) is 7.93. The number of hydrogen-bond acceptors (Lipinski definition) is 3. The molecule has 0 aromatic heterocycles. The van der Waals surface area contributed by atoms with Gasteiger partial charge >= 0.3 is 0 Å². The van der Waals surface area contributed by atoms with Crippen molar-refractivity contribution in [3.63, 3.8) is 0 Å². The van der Waals surface area contributed by atoms with Gasteiger partial charge in [-0.2, -0.15) is 0 Å². The molecule has 3 nitrogen and oxygen atoms in total. The number of epoxide rings is 1. The summed E-state index contributed by atoms with van der Waals surface area (Å²) in [4.78, 5) is 12.9. The molecule has 1 heterocycles. The molecule has 116 valence electrons. The summed E-state index contributed by atoms with van der Waals surface area (Å²) < 4.78 is 5.61. The largest absolute Gasteiger partial charge is 0.377 e. The van der Waals surface area contributed by atoms with Crippen molar-refractivity contribution >= 4 is 5.78 Å². The lowest BCUT2D eigenvalue weighted by atomic mass is 9.52. The third kappa shape index (κ3) is 1.67. The van der Waals surface area contributed by atoms with E-state index in [1.165, 1.54) is 5.57 Å². The molecule has 3 unspecified atom stereocenters. The molecule has 2 fully saturated rings. The van der Waals surface area contributed by atoms with Crippen LogP contribution in [0.4, 0.5) is 0 Å². The average molecular weight is 298 g/mol. The lowest BCUT2D eigenvalue weighted by molar-refractivity contribution is -0.150. The fourth-order valence-corrected chi connectivity index (χ4v) is 4.37. The van der Waals surface area contributed by atoms with Crippen molar-refractivity contribution in [3.05, 3.63) is 47.5 Å². The maximum absolute atomic E-state index is 12.9. The van der Waals surface area contributed by atoms with Gasteiger partial charge in [-0.15, -0.1) is 0 Å². The number of ketones is 1. The van der Waals surface area contributed by atoms with Crippen molar-refractivity contribution in [3.8, 4) is 0 Å². The second kappa shape index (κ2) is 4.09. The lowest BCUT2D eigenvalue weighted by Gasteiger charge is -2.52. The highest BCUT2D eigenvalue weighted by molar-refractivity contribution is 6.02. The molecular weight excluding hydrogens is 276 g/mol. The highest BCUT2D eigenvalue weighted by Gasteiger charge is 2.72. The summed E-state index contributed by atoms with van der Waals surface area (Å²) in [7, 11) is 0. The number of aliphatic hydroxyl groups is 1. The zero-order chi connectivity index (χ0) is 15.8. The number of rotatable bonds is 1. The van der Waals surface area contributed by atoms with Crippen LogP contribution in [0.1, 0.15) is 38.7 Å². The number of benzene rings is 1. The lowest BCUT2D eigenvalue weighted by Crippen LogP contribution is -2.62. The monoisotopic (exact) mass is 298 g/mol. The van der Waals surface area contributed by atoms with Crippen molar-refractivity contribution in [2.24, 2.45) is 11.3 Å². The molecule has 0 amide bonds. The van der Waals surface area contributed by atoms with Gasteiger partial charge in [0.05, 0.1) is 6.61 Å². The molecule has 1 aromatic carbocycles. The van der Waals surface area contributed by atoms with Crippen LogP contribution in [-0.2, 0) is 9.53 Å². The maximum atomic E-state index is 12.9. The molecular formula is C19H22O3. The van der Waals surface area contributed by atoms with E-state index in [0.717, 1.165) is 12.0 Å². The van der Waals surface area contributed by atoms with Crippen LogP contribution in [0.25, 0.3) is 0 Å². The summed E-state index contributed by atoms with van der Waals surface area (Å²) in [6.45, 7) is 6.87. The quantitative estimate of drug-likeness (QED) is 0.640. The number of fused-ring (bicyclic) bond motifs is 1. The van der Waals surface area contributed by atoms with E-state index in [0.29, 0.717) is 6.61 Å². The first kappa shape index (κ1) is 14.2. The normalized spacial score (nSPS) is 40.0. The average Bonchev–Trinajstić information content (AvgIpc) is 3.26. The molecule has 3 aliphatic carbocycles. The van der Waals surface area contributed by atoms with E-state index in [9.17, 15) is 9.90 Å². The van der Waals surface area contributed by atoms with Gasteiger partial charge in [0.2, 0.25) is 5.78 Å². The van der Waals surface area contributed by atoms with E-state index in [1.807, 2.05) is 36.4 Å². The molecule has 0 radical (unpaired) electrons. The Kier molecular flexibility index (Phi) is 2.63. The van der Waals surface area contributed by atoms with Gasteiger partial charge in [-0.05, 0) is 23.5 Å². The van der Waals surface area contributed by atoms with Gasteiger partial charge in [-0.1, -0.05) is 56.7 Å². The number of ether oxygens (including phenoxy) is 1. The Morgan fingerprint density at radius 2 is 1.82 bits per heavy atom. The Balaban J connectivity index is 1.87. The number of Topliss-reactive ketones (excluding diaryl/α,β-unsaturated/α-hetero) is 1. The van der Waals surface area contributed by atoms with E-state index in [4.69, 9.17) is 4.74 Å². The standard InChI is InChI=1S/C19H22O3/c1-17(2,3)15-10-18(21)13(12-7-5-4-6-8-12)9-14(15)19(11-22-19)16(18)20/h4-8,10,13-14,21H,9,11H2,1-3H3/t13?,14?,18?,19-/m0/s1. The van der Waals surface area contributed by atoms with Crippen molar-refractivity contribution < 1.29 is 14.6 Å². The summed E-state index contributed by atoms with van der Waals surface area (Å²) in [5, 5.41) is 11.3. The van der Waals surface area contributed by atoms with Gasteiger partial charge in [0.1, 0.15) is 0 Å². The molecule has 1 N–H and O–H groups in total. The van der Waals surface area contributed by atoms with E-state index in [1.54, 1.807) is 0 Å². The van der Waals surface area contributed by atoms with E-state index in [-0.39, 0.29) is 23.0 Å². The molecule has 2 bridgehead atoms. The second-order valence-electron chi connectivity index (χ2n) is 7.93. The van der Waals surface area contributed by atoms with Gasteiger partial charge in [0.25, 0.3) is 0 Å². The Labute approximate surface area is 131 Å². The Morgan fingerprint density at radius 1 is 1.18 bits per heavy atom. The van der Waals surface area contributed by atoms with Gasteiger partial charge in [-0.3, -0.25) is 4.79 Å². The fourth-order valence-electron chi connectivity index (χ4n) is 4.37. The number of carbonyl (C=O) groups excluding carboxylic acids is 1. The maximum Gasteiger partial charge on any atom is 0.203 e. The minimum absolute atomic E-state index is 0.0695. The predicted molar refractivity (Wildman–Crippen MR) is 83.5 cm³/mol. The van der Waals surface area contributed by atoms with Gasteiger partial charge < -0.3 is 9.84 Å². The molecule has 3 heteroatoms. The number of hydrogen-bond donors (Lipinski definition) is 1. The molecule has 22 heavy (non-hydrogen) atoms.